The lowest BCUT2D eigenvalue weighted by Crippen LogP contribution is -2.31. The summed E-state index contributed by atoms with van der Waals surface area (Å²) in [6.07, 6.45) is 6.94. The molecule has 2 aliphatic rings. The number of carbonyl (C=O) groups excluding carboxylic acids is 2. The van der Waals surface area contributed by atoms with E-state index in [-0.39, 0.29) is 11.7 Å². The van der Waals surface area contributed by atoms with Crippen molar-refractivity contribution in [2.75, 3.05) is 38.7 Å². The number of ketones is 1. The quantitative estimate of drug-likeness (QED) is 0.488. The summed E-state index contributed by atoms with van der Waals surface area (Å²) in [5, 5.41) is 0.905. The fourth-order valence-electron chi connectivity index (χ4n) is 4.96. The minimum absolute atomic E-state index is 0.109. The van der Waals surface area contributed by atoms with Crippen LogP contribution in [0.2, 0.25) is 0 Å². The molecule has 3 heterocycles. The minimum Gasteiger partial charge on any atom is -0.496 e. The van der Waals surface area contributed by atoms with Gasteiger partial charge in [-0.25, -0.2) is 4.98 Å². The zero-order valence-corrected chi connectivity index (χ0v) is 20.2. The molecule has 1 fully saturated rings. The third-order valence-electron chi connectivity index (χ3n) is 6.83. The molecule has 2 aromatic rings. The summed E-state index contributed by atoms with van der Waals surface area (Å²) in [5.41, 5.74) is 3.69. The van der Waals surface area contributed by atoms with E-state index < -0.39 is 0 Å². The van der Waals surface area contributed by atoms with Crippen LogP contribution in [-0.2, 0) is 13.0 Å². The van der Waals surface area contributed by atoms with E-state index in [9.17, 15) is 9.59 Å². The predicted octanol–water partition coefficient (Wildman–Crippen LogP) is 4.53. The van der Waals surface area contributed by atoms with Crippen LogP contribution in [-0.4, -0.2) is 55.7 Å². The number of rotatable bonds is 5. The molecule has 1 unspecified atom stereocenters. The zero-order valence-electron chi connectivity index (χ0n) is 19.4. The normalized spacial score (nSPS) is 20.1. The van der Waals surface area contributed by atoms with Gasteiger partial charge in [-0.05, 0) is 76.4 Å². The second kappa shape index (κ2) is 10.1. The van der Waals surface area contributed by atoms with Gasteiger partial charge in [0.2, 0.25) is 0 Å². The molecule has 1 atom stereocenters. The molecular weight excluding hydrogens is 422 g/mol. The number of Topliss-reactive ketones (excluding diaryl/α,β-unsaturated/α-hetero) is 1. The molecule has 32 heavy (non-hydrogen) atoms. The third kappa shape index (κ3) is 4.74. The van der Waals surface area contributed by atoms with Crippen molar-refractivity contribution in [2.45, 2.75) is 52.0 Å². The van der Waals surface area contributed by atoms with Gasteiger partial charge in [-0.3, -0.25) is 9.59 Å². The van der Waals surface area contributed by atoms with Crippen LogP contribution in [0.5, 0.6) is 5.75 Å². The Balaban J connectivity index is 1.51. The summed E-state index contributed by atoms with van der Waals surface area (Å²) < 4.78 is 5.35. The summed E-state index contributed by atoms with van der Waals surface area (Å²) in [6.45, 7) is 5.62. The fourth-order valence-corrected chi connectivity index (χ4v) is 6.07. The van der Waals surface area contributed by atoms with Crippen molar-refractivity contribution in [2.24, 2.45) is 5.92 Å². The molecule has 0 bridgehead atoms. The van der Waals surface area contributed by atoms with Gasteiger partial charge in [0.05, 0.1) is 23.2 Å². The second-order valence-corrected chi connectivity index (χ2v) is 10.00. The molecule has 6 nitrogen and oxygen atoms in total. The maximum Gasteiger partial charge on any atom is 0.186 e. The number of nitrogens with zero attached hydrogens (tertiary/aromatic N) is 3. The molecule has 0 spiro atoms. The maximum absolute atomic E-state index is 13.4. The van der Waals surface area contributed by atoms with Gasteiger partial charge < -0.3 is 14.5 Å². The van der Waals surface area contributed by atoms with Crippen LogP contribution in [0.3, 0.4) is 0 Å². The van der Waals surface area contributed by atoms with Gasteiger partial charge in [0.1, 0.15) is 5.75 Å². The van der Waals surface area contributed by atoms with Crippen LogP contribution in [0.4, 0.5) is 5.13 Å². The molecule has 7 heteroatoms. The van der Waals surface area contributed by atoms with E-state index >= 15 is 0 Å². The number of thiazole rings is 1. The van der Waals surface area contributed by atoms with Crippen LogP contribution >= 0.6 is 11.3 Å². The lowest BCUT2D eigenvalue weighted by molar-refractivity contribution is 0.0906. The lowest BCUT2D eigenvalue weighted by atomic mass is 9.91. The van der Waals surface area contributed by atoms with Crippen molar-refractivity contribution in [3.05, 3.63) is 39.4 Å². The topological polar surface area (TPSA) is 62.7 Å². The summed E-state index contributed by atoms with van der Waals surface area (Å²) in [6, 6.07) is 3.90. The van der Waals surface area contributed by atoms with Crippen molar-refractivity contribution >= 4 is 28.5 Å². The Morgan fingerprint density at radius 3 is 2.75 bits per heavy atom. The number of aryl methyl sites for hydroxylation is 1. The molecule has 0 N–H and O–H groups in total. The number of anilines is 1. The molecule has 0 radical (unpaired) electrons. The highest BCUT2D eigenvalue weighted by atomic mass is 32.1. The highest BCUT2D eigenvalue weighted by molar-refractivity contribution is 7.17. The van der Waals surface area contributed by atoms with E-state index in [1.807, 2.05) is 19.1 Å². The fraction of sp³-hybridized carbons (Fsp3) is 0.560. The first-order valence-corrected chi connectivity index (χ1v) is 12.4. The van der Waals surface area contributed by atoms with Crippen molar-refractivity contribution in [3.63, 3.8) is 0 Å². The number of ether oxygens (including phenoxy) is 1. The van der Waals surface area contributed by atoms with E-state index in [0.717, 1.165) is 91.3 Å². The Bertz CT molecular complexity index is 987. The van der Waals surface area contributed by atoms with Crippen molar-refractivity contribution in [3.8, 4) is 5.75 Å². The number of fused-ring (bicyclic) bond motifs is 1. The van der Waals surface area contributed by atoms with Gasteiger partial charge in [-0.1, -0.05) is 23.8 Å². The Kier molecular flexibility index (Phi) is 7.26. The largest absolute Gasteiger partial charge is 0.496 e. The Labute approximate surface area is 194 Å². The minimum atomic E-state index is 0.109. The van der Waals surface area contributed by atoms with Crippen LogP contribution < -0.4 is 9.64 Å². The number of carbonyl (C=O) groups is 2. The monoisotopic (exact) mass is 455 g/mol. The van der Waals surface area contributed by atoms with Gasteiger partial charge in [-0.2, -0.15) is 0 Å². The molecule has 0 amide bonds. The van der Waals surface area contributed by atoms with Gasteiger partial charge >= 0.3 is 0 Å². The van der Waals surface area contributed by atoms with Crippen molar-refractivity contribution < 1.29 is 14.3 Å². The van der Waals surface area contributed by atoms with E-state index in [1.54, 1.807) is 7.11 Å². The molecule has 172 valence electrons. The van der Waals surface area contributed by atoms with E-state index in [1.165, 1.54) is 11.3 Å². The molecule has 1 saturated heterocycles. The highest BCUT2D eigenvalue weighted by Gasteiger charge is 2.28. The summed E-state index contributed by atoms with van der Waals surface area (Å²) in [7, 11) is 3.77. The van der Waals surface area contributed by atoms with Gasteiger partial charge in [-0.15, -0.1) is 0 Å². The van der Waals surface area contributed by atoms with Crippen LogP contribution in [0.1, 0.15) is 69.0 Å². The van der Waals surface area contributed by atoms with Crippen LogP contribution in [0.25, 0.3) is 0 Å². The summed E-state index contributed by atoms with van der Waals surface area (Å²) in [5.74, 6) is 1.02. The predicted molar refractivity (Wildman–Crippen MR) is 128 cm³/mol. The maximum atomic E-state index is 13.4. The van der Waals surface area contributed by atoms with E-state index in [0.29, 0.717) is 17.9 Å². The van der Waals surface area contributed by atoms with Gasteiger partial charge in [0.25, 0.3) is 0 Å². The standard InChI is InChI=1S/C25H33N3O3S/c1-17-24(23(30)18-7-4-5-12-27(2)13-6-8-18)32-25(26-17)28-14-11-20-19(15-28)9-10-22(31-3)21(20)16-29/h9-10,16,18H,4-8,11-15H2,1-3H3. The third-order valence-corrected chi connectivity index (χ3v) is 8.06. The molecule has 0 saturated carbocycles. The van der Waals surface area contributed by atoms with Crippen LogP contribution in [0, 0.1) is 12.8 Å². The first kappa shape index (κ1) is 22.9. The molecule has 1 aromatic carbocycles. The zero-order chi connectivity index (χ0) is 22.7. The number of methoxy groups -OCH3 is 1. The molecular formula is C25H33N3O3S. The first-order valence-electron chi connectivity index (χ1n) is 11.6. The number of aromatic nitrogens is 1. The van der Waals surface area contributed by atoms with Gasteiger partial charge in [0, 0.05) is 19.0 Å². The molecule has 1 aromatic heterocycles. The number of benzene rings is 1. The number of aldehydes is 1. The molecule has 0 aliphatic carbocycles. The van der Waals surface area contributed by atoms with E-state index in [4.69, 9.17) is 9.72 Å². The SMILES string of the molecule is COc1ccc2c(c1C=O)CCN(c1nc(C)c(C(=O)C3CCCCN(C)CCC3)s1)C2. The first-order chi connectivity index (χ1) is 15.5. The molecule has 2 aliphatic heterocycles. The van der Waals surface area contributed by atoms with Crippen molar-refractivity contribution in [1.29, 1.82) is 0 Å². The van der Waals surface area contributed by atoms with Gasteiger partial charge in [0.15, 0.2) is 17.2 Å². The number of hydrogen-bond donors (Lipinski definition) is 0. The summed E-state index contributed by atoms with van der Waals surface area (Å²) in [4.78, 5) is 35.3. The Morgan fingerprint density at radius 1 is 1.19 bits per heavy atom. The number of hydrogen-bond acceptors (Lipinski definition) is 7. The summed E-state index contributed by atoms with van der Waals surface area (Å²) >= 11 is 1.54. The smallest absolute Gasteiger partial charge is 0.186 e. The Morgan fingerprint density at radius 2 is 1.97 bits per heavy atom. The lowest BCUT2D eigenvalue weighted by Gasteiger charge is -2.29. The van der Waals surface area contributed by atoms with Crippen LogP contribution in [0.15, 0.2) is 12.1 Å². The van der Waals surface area contributed by atoms with Crippen molar-refractivity contribution in [1.82, 2.24) is 9.88 Å². The Hall–Kier alpha value is -2.25. The van der Waals surface area contributed by atoms with E-state index in [2.05, 4.69) is 16.8 Å². The second-order valence-electron chi connectivity index (χ2n) is 9.02. The average molecular weight is 456 g/mol. The average Bonchev–Trinajstić information content (AvgIpc) is 3.24. The highest BCUT2D eigenvalue weighted by Crippen LogP contribution is 2.35. The molecule has 4 rings (SSSR count).